The van der Waals surface area contributed by atoms with Crippen LogP contribution in [0.4, 0.5) is 0 Å². The number of fused-ring (bicyclic) bond motifs is 1. The van der Waals surface area contributed by atoms with Crippen molar-refractivity contribution < 1.29 is 4.89 Å². The summed E-state index contributed by atoms with van der Waals surface area (Å²) in [4.78, 5) is 10.5. The van der Waals surface area contributed by atoms with E-state index in [2.05, 4.69) is 50.2 Å². The average Bonchev–Trinajstić information content (AvgIpc) is 2.51. The Balaban J connectivity index is 2.64. The molecule has 1 atom stereocenters. The number of aryl methyl sites for hydroxylation is 1. The van der Waals surface area contributed by atoms with Crippen molar-refractivity contribution in [1.82, 2.24) is 4.34 Å². The Labute approximate surface area is 97.8 Å². The van der Waals surface area contributed by atoms with Crippen molar-refractivity contribution in [3.63, 3.8) is 0 Å². The van der Waals surface area contributed by atoms with Gasteiger partial charge in [-0.2, -0.15) is 0 Å². The molecule has 1 heterocycles. The highest BCUT2D eigenvalue weighted by Crippen LogP contribution is 2.49. The molecule has 2 nitrogen and oxygen atoms in total. The van der Waals surface area contributed by atoms with Crippen molar-refractivity contribution in [1.29, 1.82) is 0 Å². The maximum absolute atomic E-state index is 10.5. The fourth-order valence-electron chi connectivity index (χ4n) is 1.83. The molecule has 1 aromatic carbocycles. The summed E-state index contributed by atoms with van der Waals surface area (Å²) in [5, 5.41) is 1.10. The standard InChI is InChI=1S/C13H18NOP/c1-10-9-11-7-5-6-8-12(11)14(10)16(15)13(2,3)4/h5-9,15H,1-4H3. The number of para-hydroxylation sites is 1. The first-order valence-corrected chi connectivity index (χ1v) is 6.72. The highest BCUT2D eigenvalue weighted by Gasteiger charge is 2.26. The Morgan fingerprint density at radius 2 is 1.81 bits per heavy atom. The van der Waals surface area contributed by atoms with Crippen LogP contribution in [0.1, 0.15) is 26.5 Å². The number of benzene rings is 1. The zero-order valence-corrected chi connectivity index (χ0v) is 11.1. The first-order valence-electron chi connectivity index (χ1n) is 5.48. The van der Waals surface area contributed by atoms with Gasteiger partial charge < -0.3 is 9.23 Å². The van der Waals surface area contributed by atoms with E-state index in [-0.39, 0.29) is 5.16 Å². The first kappa shape index (κ1) is 11.6. The van der Waals surface area contributed by atoms with Crippen LogP contribution in [-0.2, 0) is 0 Å². The third kappa shape index (κ3) is 1.88. The molecule has 0 saturated heterocycles. The molecule has 16 heavy (non-hydrogen) atoms. The van der Waals surface area contributed by atoms with Crippen molar-refractivity contribution in [3.05, 3.63) is 36.0 Å². The minimum atomic E-state index is -1.18. The fourth-order valence-corrected chi connectivity index (χ4v) is 3.17. The second kappa shape index (κ2) is 3.87. The number of hydrogen-bond acceptors (Lipinski definition) is 1. The summed E-state index contributed by atoms with van der Waals surface area (Å²) < 4.78 is 2.07. The summed E-state index contributed by atoms with van der Waals surface area (Å²) in [5.74, 6) is 0. The van der Waals surface area contributed by atoms with Crippen molar-refractivity contribution in [3.8, 4) is 0 Å². The van der Waals surface area contributed by atoms with Gasteiger partial charge in [-0.05, 0) is 19.1 Å². The first-order chi connectivity index (χ1) is 7.41. The molecule has 0 saturated carbocycles. The van der Waals surface area contributed by atoms with Crippen LogP contribution in [0.2, 0.25) is 0 Å². The maximum Gasteiger partial charge on any atom is 0.139 e. The SMILES string of the molecule is Cc1cc2ccccc2n1P(O)C(C)(C)C. The summed E-state index contributed by atoms with van der Waals surface area (Å²) in [5.41, 5.74) is 2.26. The van der Waals surface area contributed by atoms with E-state index in [9.17, 15) is 4.89 Å². The van der Waals surface area contributed by atoms with E-state index < -0.39 is 8.30 Å². The Bertz CT molecular complexity index is 510. The molecule has 3 heteroatoms. The van der Waals surface area contributed by atoms with Gasteiger partial charge in [-0.25, -0.2) is 0 Å². The molecule has 0 radical (unpaired) electrons. The van der Waals surface area contributed by atoms with Gasteiger partial charge in [-0.15, -0.1) is 0 Å². The van der Waals surface area contributed by atoms with Gasteiger partial charge in [0.2, 0.25) is 0 Å². The predicted molar refractivity (Wildman–Crippen MR) is 71.0 cm³/mol. The molecule has 1 N–H and O–H groups in total. The van der Waals surface area contributed by atoms with Gasteiger partial charge >= 0.3 is 0 Å². The zero-order chi connectivity index (χ0) is 11.9. The fraction of sp³-hybridized carbons (Fsp3) is 0.385. The minimum Gasteiger partial charge on any atom is -0.354 e. The van der Waals surface area contributed by atoms with Crippen LogP contribution >= 0.6 is 8.30 Å². The van der Waals surface area contributed by atoms with Crippen molar-refractivity contribution in [2.75, 3.05) is 0 Å². The molecule has 0 fully saturated rings. The van der Waals surface area contributed by atoms with Gasteiger partial charge in [0.25, 0.3) is 0 Å². The molecule has 2 rings (SSSR count). The Morgan fingerprint density at radius 3 is 2.44 bits per heavy atom. The lowest BCUT2D eigenvalue weighted by Gasteiger charge is -2.28. The summed E-state index contributed by atoms with van der Waals surface area (Å²) in [6.07, 6.45) is 0. The molecule has 1 unspecified atom stereocenters. The van der Waals surface area contributed by atoms with Crippen LogP contribution in [0.3, 0.4) is 0 Å². The van der Waals surface area contributed by atoms with Gasteiger partial charge in [0.15, 0.2) is 0 Å². The van der Waals surface area contributed by atoms with Gasteiger partial charge in [-0.3, -0.25) is 0 Å². The van der Waals surface area contributed by atoms with Crippen LogP contribution in [-0.4, -0.2) is 14.4 Å². The van der Waals surface area contributed by atoms with Crippen molar-refractivity contribution >= 4 is 19.2 Å². The molecule has 1 aromatic heterocycles. The summed E-state index contributed by atoms with van der Waals surface area (Å²) in [6, 6.07) is 10.3. The highest BCUT2D eigenvalue weighted by atomic mass is 31.2. The summed E-state index contributed by atoms with van der Waals surface area (Å²) in [7, 11) is -1.18. The molecule has 0 aliphatic carbocycles. The summed E-state index contributed by atoms with van der Waals surface area (Å²) >= 11 is 0. The predicted octanol–water partition coefficient (Wildman–Crippen LogP) is 3.90. The van der Waals surface area contributed by atoms with E-state index in [0.29, 0.717) is 0 Å². The van der Waals surface area contributed by atoms with Crippen LogP contribution in [0, 0.1) is 6.92 Å². The number of hydrogen-bond donors (Lipinski definition) is 1. The quantitative estimate of drug-likeness (QED) is 0.745. The molecule has 0 aliphatic rings. The van der Waals surface area contributed by atoms with Gasteiger partial charge in [-0.1, -0.05) is 39.0 Å². The van der Waals surface area contributed by atoms with E-state index in [1.807, 2.05) is 12.1 Å². The highest BCUT2D eigenvalue weighted by molar-refractivity contribution is 7.51. The van der Waals surface area contributed by atoms with Crippen LogP contribution < -0.4 is 0 Å². The van der Waals surface area contributed by atoms with E-state index in [1.54, 1.807) is 0 Å². The monoisotopic (exact) mass is 235 g/mol. The van der Waals surface area contributed by atoms with E-state index in [4.69, 9.17) is 0 Å². The third-order valence-corrected chi connectivity index (χ3v) is 4.76. The Kier molecular flexibility index (Phi) is 2.81. The molecular formula is C13H18NOP. The minimum absolute atomic E-state index is 0.0954. The number of nitrogens with zero attached hydrogens (tertiary/aromatic N) is 1. The third-order valence-electron chi connectivity index (χ3n) is 2.65. The second-order valence-corrected chi connectivity index (χ2v) is 7.44. The number of rotatable bonds is 1. The van der Waals surface area contributed by atoms with E-state index in [1.165, 1.54) is 5.39 Å². The smallest absolute Gasteiger partial charge is 0.139 e. The van der Waals surface area contributed by atoms with Crippen molar-refractivity contribution in [2.24, 2.45) is 0 Å². The van der Waals surface area contributed by atoms with E-state index >= 15 is 0 Å². The molecule has 0 amide bonds. The normalized spacial score (nSPS) is 14.3. The van der Waals surface area contributed by atoms with Gasteiger partial charge in [0, 0.05) is 16.2 Å². The largest absolute Gasteiger partial charge is 0.354 e. The average molecular weight is 235 g/mol. The Morgan fingerprint density at radius 1 is 1.19 bits per heavy atom. The van der Waals surface area contributed by atoms with Crippen molar-refractivity contribution in [2.45, 2.75) is 32.9 Å². The summed E-state index contributed by atoms with van der Waals surface area (Å²) in [6.45, 7) is 8.28. The molecule has 0 bridgehead atoms. The lowest BCUT2D eigenvalue weighted by Crippen LogP contribution is -2.15. The lowest BCUT2D eigenvalue weighted by molar-refractivity contribution is 0.565. The molecule has 86 valence electrons. The molecule has 0 spiro atoms. The topological polar surface area (TPSA) is 25.2 Å². The lowest BCUT2D eigenvalue weighted by atomic mass is 10.2. The van der Waals surface area contributed by atoms with E-state index in [0.717, 1.165) is 11.2 Å². The van der Waals surface area contributed by atoms with Crippen LogP contribution in [0.15, 0.2) is 30.3 Å². The molecule has 0 aliphatic heterocycles. The Hall–Kier alpha value is -0.850. The van der Waals surface area contributed by atoms with Crippen LogP contribution in [0.5, 0.6) is 0 Å². The molecular weight excluding hydrogens is 217 g/mol. The number of aromatic nitrogens is 1. The van der Waals surface area contributed by atoms with Crippen LogP contribution in [0.25, 0.3) is 10.9 Å². The maximum atomic E-state index is 10.5. The molecule has 2 aromatic rings. The van der Waals surface area contributed by atoms with Gasteiger partial charge in [0.1, 0.15) is 8.30 Å². The second-order valence-electron chi connectivity index (χ2n) is 5.12. The van der Waals surface area contributed by atoms with Gasteiger partial charge in [0.05, 0.1) is 5.52 Å². The zero-order valence-electron chi connectivity index (χ0n) is 10.2.